The molecule has 0 aromatic heterocycles. The molecule has 8 nitrogen and oxygen atoms in total. The molecule has 0 N–H and O–H groups in total. The third-order valence-corrected chi connectivity index (χ3v) is 7.63. The van der Waals surface area contributed by atoms with Gasteiger partial charge in [0.05, 0.1) is 30.8 Å². The SMILES string of the molecule is COC(=O)C1CN(C(=O)CN(Cc2ccc(F)cc2)S(=O)(=O)c2ccc(Cl)cc2)c2ccccc2O1. The number of fused-ring (bicyclic) bond motifs is 1. The van der Waals surface area contributed by atoms with Crippen LogP contribution in [0.4, 0.5) is 10.1 Å². The number of carbonyl (C=O) groups is 2. The molecule has 0 aliphatic carbocycles. The van der Waals surface area contributed by atoms with Crippen LogP contribution in [0.15, 0.2) is 77.7 Å². The smallest absolute Gasteiger partial charge is 0.348 e. The normalized spacial score (nSPS) is 15.2. The maximum Gasteiger partial charge on any atom is 0.348 e. The van der Waals surface area contributed by atoms with Crippen LogP contribution in [-0.2, 0) is 30.9 Å². The molecule has 1 heterocycles. The van der Waals surface area contributed by atoms with E-state index < -0.39 is 40.4 Å². The van der Waals surface area contributed by atoms with Gasteiger partial charge in [-0.15, -0.1) is 0 Å². The topological polar surface area (TPSA) is 93.2 Å². The molecule has 0 saturated carbocycles. The lowest BCUT2D eigenvalue weighted by atomic mass is 10.1. The minimum Gasteiger partial charge on any atom is -0.475 e. The first-order valence-electron chi connectivity index (χ1n) is 10.8. The fourth-order valence-electron chi connectivity index (χ4n) is 3.74. The maximum absolute atomic E-state index is 13.5. The molecule has 1 unspecified atom stereocenters. The summed E-state index contributed by atoms with van der Waals surface area (Å²) >= 11 is 5.92. The van der Waals surface area contributed by atoms with Gasteiger partial charge >= 0.3 is 5.97 Å². The number of anilines is 1. The van der Waals surface area contributed by atoms with E-state index in [0.29, 0.717) is 16.3 Å². The molecule has 0 spiro atoms. The minimum absolute atomic E-state index is 0.0587. The number of para-hydroxylation sites is 2. The molecule has 0 bridgehead atoms. The summed E-state index contributed by atoms with van der Waals surface area (Å²) in [5.74, 6) is -1.43. The molecule has 3 aromatic rings. The number of amides is 1. The van der Waals surface area contributed by atoms with Gasteiger partial charge in [0, 0.05) is 11.6 Å². The van der Waals surface area contributed by atoms with Gasteiger partial charge in [0.1, 0.15) is 11.6 Å². The monoisotopic (exact) mass is 532 g/mol. The number of nitrogens with zero attached hydrogens (tertiary/aromatic N) is 2. The zero-order valence-corrected chi connectivity index (χ0v) is 20.7. The first-order chi connectivity index (χ1) is 17.2. The average Bonchev–Trinajstić information content (AvgIpc) is 2.88. The number of esters is 1. The quantitative estimate of drug-likeness (QED) is 0.431. The largest absolute Gasteiger partial charge is 0.475 e. The summed E-state index contributed by atoms with van der Waals surface area (Å²) in [6.07, 6.45) is -1.08. The van der Waals surface area contributed by atoms with Crippen molar-refractivity contribution in [3.63, 3.8) is 0 Å². The molecule has 36 heavy (non-hydrogen) atoms. The Bertz CT molecular complexity index is 1370. The Hall–Kier alpha value is -3.47. The second kappa shape index (κ2) is 10.7. The maximum atomic E-state index is 13.5. The molecule has 11 heteroatoms. The van der Waals surface area contributed by atoms with Gasteiger partial charge in [-0.1, -0.05) is 35.9 Å². The molecule has 1 amide bonds. The van der Waals surface area contributed by atoms with Crippen molar-refractivity contribution in [2.24, 2.45) is 0 Å². The highest BCUT2D eigenvalue weighted by atomic mass is 35.5. The predicted octanol–water partition coefficient (Wildman–Crippen LogP) is 3.64. The molecular formula is C25H22ClFN2O6S. The summed E-state index contributed by atoms with van der Waals surface area (Å²) in [7, 11) is -2.95. The van der Waals surface area contributed by atoms with Crippen molar-refractivity contribution in [3.05, 3.63) is 89.2 Å². The highest BCUT2D eigenvalue weighted by Crippen LogP contribution is 2.34. The molecule has 0 radical (unpaired) electrons. The van der Waals surface area contributed by atoms with Gasteiger partial charge in [0.2, 0.25) is 22.0 Å². The third-order valence-electron chi connectivity index (χ3n) is 5.57. The lowest BCUT2D eigenvalue weighted by Gasteiger charge is -2.34. The first-order valence-corrected chi connectivity index (χ1v) is 12.6. The number of ether oxygens (including phenoxy) is 2. The number of methoxy groups -OCH3 is 1. The highest BCUT2D eigenvalue weighted by Gasteiger charge is 2.36. The Morgan fingerprint density at radius 2 is 1.75 bits per heavy atom. The standard InChI is InChI=1S/C25H22ClFN2O6S/c1-34-25(31)23-15-29(21-4-2-3-5-22(21)35-23)24(30)16-28(14-17-6-10-19(27)11-7-17)36(32,33)20-12-8-18(26)9-13-20/h2-13,23H,14-16H2,1H3. The minimum atomic E-state index is -4.16. The molecule has 188 valence electrons. The van der Waals surface area contributed by atoms with Crippen LogP contribution in [0.25, 0.3) is 0 Å². The number of hydrogen-bond donors (Lipinski definition) is 0. The number of rotatable bonds is 7. The van der Waals surface area contributed by atoms with E-state index in [1.807, 2.05) is 0 Å². The summed E-state index contributed by atoms with van der Waals surface area (Å²) in [6, 6.07) is 17.5. The number of sulfonamides is 1. The second-order valence-electron chi connectivity index (χ2n) is 7.96. The molecular weight excluding hydrogens is 511 g/mol. The molecule has 1 aliphatic rings. The Kier molecular flexibility index (Phi) is 7.58. The number of carbonyl (C=O) groups excluding carboxylic acids is 2. The van der Waals surface area contributed by atoms with Crippen molar-refractivity contribution in [1.29, 1.82) is 0 Å². The van der Waals surface area contributed by atoms with Crippen molar-refractivity contribution >= 4 is 39.2 Å². The van der Waals surface area contributed by atoms with Crippen LogP contribution in [0.5, 0.6) is 5.75 Å². The molecule has 1 atom stereocenters. The Balaban J connectivity index is 1.68. The van der Waals surface area contributed by atoms with Gasteiger partial charge < -0.3 is 14.4 Å². The van der Waals surface area contributed by atoms with Crippen LogP contribution < -0.4 is 9.64 Å². The molecule has 3 aromatic carbocycles. The molecule has 0 fully saturated rings. The van der Waals surface area contributed by atoms with Crippen LogP contribution in [0.2, 0.25) is 5.02 Å². The van der Waals surface area contributed by atoms with E-state index in [4.69, 9.17) is 21.1 Å². The zero-order chi connectivity index (χ0) is 25.9. The van der Waals surface area contributed by atoms with E-state index in [0.717, 1.165) is 4.31 Å². The summed E-state index contributed by atoms with van der Waals surface area (Å²) in [5.41, 5.74) is 0.879. The lowest BCUT2D eigenvalue weighted by Crippen LogP contribution is -2.50. The second-order valence-corrected chi connectivity index (χ2v) is 10.3. The first kappa shape index (κ1) is 25.6. The lowest BCUT2D eigenvalue weighted by molar-refractivity contribution is -0.148. The molecule has 0 saturated heterocycles. The van der Waals surface area contributed by atoms with E-state index >= 15 is 0 Å². The van der Waals surface area contributed by atoms with Crippen LogP contribution in [-0.4, -0.2) is 50.9 Å². The van der Waals surface area contributed by atoms with Crippen molar-refractivity contribution in [3.8, 4) is 5.75 Å². The Morgan fingerprint density at radius 1 is 1.08 bits per heavy atom. The van der Waals surface area contributed by atoms with Gasteiger partial charge in [0.25, 0.3) is 0 Å². The average molecular weight is 533 g/mol. The van der Waals surface area contributed by atoms with E-state index in [1.165, 1.54) is 60.5 Å². The summed E-state index contributed by atoms with van der Waals surface area (Å²) < 4.78 is 52.0. The molecule has 4 rings (SSSR count). The number of halogens is 2. The molecule has 1 aliphatic heterocycles. The van der Waals surface area contributed by atoms with Gasteiger partial charge in [-0.2, -0.15) is 4.31 Å². The third kappa shape index (κ3) is 5.51. The van der Waals surface area contributed by atoms with Crippen molar-refractivity contribution in [2.45, 2.75) is 17.5 Å². The van der Waals surface area contributed by atoms with Gasteiger partial charge in [0.15, 0.2) is 0 Å². The number of hydrogen-bond acceptors (Lipinski definition) is 6. The van der Waals surface area contributed by atoms with Gasteiger partial charge in [-0.25, -0.2) is 17.6 Å². The van der Waals surface area contributed by atoms with Crippen LogP contribution in [0.1, 0.15) is 5.56 Å². The van der Waals surface area contributed by atoms with Crippen LogP contribution in [0, 0.1) is 5.82 Å². The van der Waals surface area contributed by atoms with E-state index in [1.54, 1.807) is 24.3 Å². The van der Waals surface area contributed by atoms with Crippen molar-refractivity contribution in [1.82, 2.24) is 4.31 Å². The fraction of sp³-hybridized carbons (Fsp3) is 0.200. The van der Waals surface area contributed by atoms with Crippen LogP contribution in [0.3, 0.4) is 0 Å². The van der Waals surface area contributed by atoms with Crippen molar-refractivity contribution in [2.75, 3.05) is 25.1 Å². The predicted molar refractivity (Wildman–Crippen MR) is 131 cm³/mol. The van der Waals surface area contributed by atoms with E-state index in [9.17, 15) is 22.4 Å². The van der Waals surface area contributed by atoms with Gasteiger partial charge in [-0.3, -0.25) is 4.79 Å². The summed E-state index contributed by atoms with van der Waals surface area (Å²) in [6.45, 7) is -0.901. The van der Waals surface area contributed by atoms with Gasteiger partial charge in [-0.05, 0) is 54.1 Å². The summed E-state index contributed by atoms with van der Waals surface area (Å²) in [4.78, 5) is 27.0. The van der Waals surface area contributed by atoms with E-state index in [2.05, 4.69) is 0 Å². The number of benzene rings is 3. The summed E-state index contributed by atoms with van der Waals surface area (Å²) in [5, 5.41) is 0.355. The Labute approximate surface area is 212 Å². The van der Waals surface area contributed by atoms with Crippen LogP contribution >= 0.6 is 11.6 Å². The van der Waals surface area contributed by atoms with E-state index in [-0.39, 0.29) is 23.7 Å². The zero-order valence-electron chi connectivity index (χ0n) is 19.1. The fourth-order valence-corrected chi connectivity index (χ4v) is 5.24. The Morgan fingerprint density at radius 3 is 2.42 bits per heavy atom. The highest BCUT2D eigenvalue weighted by molar-refractivity contribution is 7.89. The van der Waals surface area contributed by atoms with Crippen molar-refractivity contribution < 1.29 is 31.9 Å².